The first-order valence-corrected chi connectivity index (χ1v) is 6.15. The van der Waals surface area contributed by atoms with Crippen LogP contribution in [0.4, 0.5) is 0 Å². The molecule has 86 valence electrons. The van der Waals surface area contributed by atoms with Gasteiger partial charge in [-0.05, 0) is 25.9 Å². The first-order valence-electron chi connectivity index (χ1n) is 5.71. The van der Waals surface area contributed by atoms with E-state index >= 15 is 0 Å². The van der Waals surface area contributed by atoms with E-state index in [1.807, 2.05) is 0 Å². The van der Waals surface area contributed by atoms with Crippen molar-refractivity contribution in [3.05, 3.63) is 0 Å². The Morgan fingerprint density at radius 3 is 2.00 bits per heavy atom. The Labute approximate surface area is 93.2 Å². The van der Waals surface area contributed by atoms with E-state index in [0.717, 1.165) is 19.6 Å². The summed E-state index contributed by atoms with van der Waals surface area (Å²) in [5.74, 6) is 0. The summed E-state index contributed by atoms with van der Waals surface area (Å²) in [6.45, 7) is 7.51. The van der Waals surface area contributed by atoms with E-state index in [4.69, 9.17) is 16.7 Å². The molecule has 1 atom stereocenters. The van der Waals surface area contributed by atoms with Gasteiger partial charge in [-0.3, -0.25) is 0 Å². The summed E-state index contributed by atoms with van der Waals surface area (Å²) < 4.78 is 0. The molecule has 0 saturated heterocycles. The van der Waals surface area contributed by atoms with E-state index in [1.54, 1.807) is 0 Å². The predicted molar refractivity (Wildman–Crippen MR) is 63.0 cm³/mol. The Bertz CT molecular complexity index is 114. The third kappa shape index (κ3) is 7.60. The average molecular weight is 222 g/mol. The highest BCUT2D eigenvalue weighted by Gasteiger charge is 2.09. The predicted octanol–water partition coefficient (Wildman–Crippen LogP) is 2.49. The van der Waals surface area contributed by atoms with Crippen molar-refractivity contribution in [1.29, 1.82) is 0 Å². The van der Waals surface area contributed by atoms with Gasteiger partial charge in [-0.1, -0.05) is 26.7 Å². The van der Waals surface area contributed by atoms with Crippen LogP contribution in [0.2, 0.25) is 0 Å². The molecule has 0 aromatic heterocycles. The number of rotatable bonds is 9. The molecule has 0 aliphatic rings. The third-order valence-electron chi connectivity index (χ3n) is 2.31. The molecular formula is C11H24ClNO. The topological polar surface area (TPSA) is 23.5 Å². The number of unbranched alkanes of at least 4 members (excludes halogenated alkanes) is 2. The molecule has 0 spiro atoms. The maximum Gasteiger partial charge on any atom is 0.0693 e. The van der Waals surface area contributed by atoms with Crippen molar-refractivity contribution < 1.29 is 5.11 Å². The monoisotopic (exact) mass is 221 g/mol. The second kappa shape index (κ2) is 9.75. The van der Waals surface area contributed by atoms with E-state index in [1.165, 1.54) is 25.7 Å². The fraction of sp³-hybridized carbons (Fsp3) is 1.00. The van der Waals surface area contributed by atoms with Crippen LogP contribution < -0.4 is 0 Å². The van der Waals surface area contributed by atoms with Crippen molar-refractivity contribution in [2.24, 2.45) is 0 Å². The molecule has 0 aliphatic carbocycles. The lowest BCUT2D eigenvalue weighted by molar-refractivity contribution is 0.223. The highest BCUT2D eigenvalue weighted by Crippen LogP contribution is 2.04. The summed E-state index contributed by atoms with van der Waals surface area (Å²) in [6.07, 6.45) is 4.88. The lowest BCUT2D eigenvalue weighted by Crippen LogP contribution is -2.33. The maximum atomic E-state index is 8.88. The standard InChI is InChI=1S/C11H24ClNO/c1-3-5-7-13(8-6-4-2)9-11(12)10-14/h11,14H,3-10H2,1-2H3. The lowest BCUT2D eigenvalue weighted by atomic mass is 10.2. The van der Waals surface area contributed by atoms with Gasteiger partial charge in [-0.15, -0.1) is 11.6 Å². The Morgan fingerprint density at radius 2 is 1.64 bits per heavy atom. The van der Waals surface area contributed by atoms with E-state index in [0.29, 0.717) is 0 Å². The van der Waals surface area contributed by atoms with Gasteiger partial charge in [0.1, 0.15) is 0 Å². The largest absolute Gasteiger partial charge is 0.395 e. The number of hydrogen-bond acceptors (Lipinski definition) is 2. The Morgan fingerprint density at radius 1 is 1.14 bits per heavy atom. The van der Waals surface area contributed by atoms with Gasteiger partial charge in [0.05, 0.1) is 12.0 Å². The van der Waals surface area contributed by atoms with Crippen LogP contribution in [-0.2, 0) is 0 Å². The van der Waals surface area contributed by atoms with Crippen LogP contribution >= 0.6 is 11.6 Å². The van der Waals surface area contributed by atoms with Crippen molar-refractivity contribution in [3.8, 4) is 0 Å². The van der Waals surface area contributed by atoms with Crippen molar-refractivity contribution in [3.63, 3.8) is 0 Å². The number of aliphatic hydroxyl groups excluding tert-OH is 1. The van der Waals surface area contributed by atoms with E-state index in [-0.39, 0.29) is 12.0 Å². The molecule has 0 aromatic rings. The Balaban J connectivity index is 3.71. The van der Waals surface area contributed by atoms with Gasteiger partial charge >= 0.3 is 0 Å². The van der Waals surface area contributed by atoms with Crippen LogP contribution in [0.15, 0.2) is 0 Å². The number of hydrogen-bond donors (Lipinski definition) is 1. The summed E-state index contributed by atoms with van der Waals surface area (Å²) in [5, 5.41) is 8.77. The van der Waals surface area contributed by atoms with Crippen LogP contribution in [0.25, 0.3) is 0 Å². The second-order valence-corrected chi connectivity index (χ2v) is 4.40. The molecule has 1 unspecified atom stereocenters. The van der Waals surface area contributed by atoms with Gasteiger partial charge in [0, 0.05) is 6.54 Å². The summed E-state index contributed by atoms with van der Waals surface area (Å²) in [5.41, 5.74) is 0. The third-order valence-corrected chi connectivity index (χ3v) is 2.59. The summed E-state index contributed by atoms with van der Waals surface area (Å²) in [7, 11) is 0. The Hall–Kier alpha value is 0.210. The molecule has 0 aliphatic heterocycles. The zero-order chi connectivity index (χ0) is 10.8. The van der Waals surface area contributed by atoms with Crippen LogP contribution in [0.1, 0.15) is 39.5 Å². The molecule has 0 radical (unpaired) electrons. The number of alkyl halides is 1. The van der Waals surface area contributed by atoms with Gasteiger partial charge in [0.25, 0.3) is 0 Å². The minimum Gasteiger partial charge on any atom is -0.395 e. The first-order chi connectivity index (χ1) is 6.74. The SMILES string of the molecule is CCCCN(CCCC)CC(Cl)CO. The molecule has 1 N–H and O–H groups in total. The molecule has 0 heterocycles. The summed E-state index contributed by atoms with van der Waals surface area (Å²) in [4.78, 5) is 2.36. The van der Waals surface area contributed by atoms with Crippen molar-refractivity contribution in [1.82, 2.24) is 4.90 Å². The number of nitrogens with zero attached hydrogens (tertiary/aromatic N) is 1. The molecule has 0 aromatic carbocycles. The Kier molecular flexibility index (Phi) is 9.90. The van der Waals surface area contributed by atoms with Crippen molar-refractivity contribution in [2.45, 2.75) is 44.9 Å². The first kappa shape index (κ1) is 14.2. The van der Waals surface area contributed by atoms with Crippen molar-refractivity contribution >= 4 is 11.6 Å². The lowest BCUT2D eigenvalue weighted by Gasteiger charge is -2.23. The van der Waals surface area contributed by atoms with E-state index < -0.39 is 0 Å². The highest BCUT2D eigenvalue weighted by atomic mass is 35.5. The number of halogens is 1. The molecular weight excluding hydrogens is 198 g/mol. The summed E-state index contributed by atoms with van der Waals surface area (Å²) >= 11 is 5.93. The smallest absolute Gasteiger partial charge is 0.0693 e. The van der Waals surface area contributed by atoms with Gasteiger partial charge in [-0.25, -0.2) is 0 Å². The van der Waals surface area contributed by atoms with Crippen LogP contribution in [0.5, 0.6) is 0 Å². The molecule has 0 rings (SSSR count). The van der Waals surface area contributed by atoms with Gasteiger partial charge in [-0.2, -0.15) is 0 Å². The van der Waals surface area contributed by atoms with Crippen LogP contribution in [-0.4, -0.2) is 41.6 Å². The minimum atomic E-state index is -0.108. The van der Waals surface area contributed by atoms with Crippen LogP contribution in [0.3, 0.4) is 0 Å². The normalized spacial score (nSPS) is 13.5. The fourth-order valence-electron chi connectivity index (χ4n) is 1.40. The van der Waals surface area contributed by atoms with Gasteiger partial charge < -0.3 is 10.0 Å². The molecule has 0 amide bonds. The zero-order valence-electron chi connectivity index (χ0n) is 9.51. The van der Waals surface area contributed by atoms with Crippen molar-refractivity contribution in [2.75, 3.05) is 26.2 Å². The second-order valence-electron chi connectivity index (χ2n) is 3.79. The highest BCUT2D eigenvalue weighted by molar-refractivity contribution is 6.20. The average Bonchev–Trinajstić information content (AvgIpc) is 2.21. The minimum absolute atomic E-state index is 0.0797. The molecule has 0 bridgehead atoms. The quantitative estimate of drug-likeness (QED) is 0.605. The van der Waals surface area contributed by atoms with Gasteiger partial charge in [0.2, 0.25) is 0 Å². The molecule has 14 heavy (non-hydrogen) atoms. The fourth-order valence-corrected chi connectivity index (χ4v) is 1.59. The van der Waals surface area contributed by atoms with E-state index in [9.17, 15) is 0 Å². The molecule has 0 fully saturated rings. The maximum absolute atomic E-state index is 8.88. The molecule has 3 heteroatoms. The number of aliphatic hydroxyl groups is 1. The van der Waals surface area contributed by atoms with E-state index in [2.05, 4.69) is 18.7 Å². The zero-order valence-corrected chi connectivity index (χ0v) is 10.3. The molecule has 2 nitrogen and oxygen atoms in total. The van der Waals surface area contributed by atoms with Crippen LogP contribution in [0, 0.1) is 0 Å². The molecule has 0 saturated carbocycles. The van der Waals surface area contributed by atoms with Gasteiger partial charge in [0.15, 0.2) is 0 Å². The summed E-state index contributed by atoms with van der Waals surface area (Å²) in [6, 6.07) is 0.